The van der Waals surface area contributed by atoms with Gasteiger partial charge in [0.25, 0.3) is 10.2 Å². The van der Waals surface area contributed by atoms with Gasteiger partial charge in [-0.25, -0.2) is 9.52 Å². The van der Waals surface area contributed by atoms with E-state index in [4.69, 9.17) is 0 Å². The maximum Gasteiger partial charge on any atom is 0.328 e. The third-order valence-electron chi connectivity index (χ3n) is 3.52. The first-order valence-electron chi connectivity index (χ1n) is 6.55. The minimum absolute atomic E-state index is 0.0736. The Morgan fingerprint density at radius 1 is 1.14 bits per heavy atom. The second-order valence-corrected chi connectivity index (χ2v) is 7.12. The molecule has 0 aliphatic rings. The van der Waals surface area contributed by atoms with Crippen molar-refractivity contribution in [3.8, 4) is 0 Å². The molecule has 8 heteroatoms. The van der Waals surface area contributed by atoms with Crippen LogP contribution in [0.5, 0.6) is 0 Å². The van der Waals surface area contributed by atoms with Crippen molar-refractivity contribution in [3.63, 3.8) is 0 Å². The normalized spacial score (nSPS) is 12.4. The molecular formula is C13H20N4O3S. The summed E-state index contributed by atoms with van der Waals surface area (Å²) in [4.78, 5) is 11.8. The largest absolute Gasteiger partial charge is 0.328 e. The fourth-order valence-corrected chi connectivity index (χ4v) is 2.78. The Bertz CT molecular complexity index is 818. The van der Waals surface area contributed by atoms with Crippen LogP contribution in [-0.2, 0) is 30.7 Å². The first-order valence-corrected chi connectivity index (χ1v) is 7.99. The van der Waals surface area contributed by atoms with E-state index in [0.29, 0.717) is 13.0 Å². The number of nitrogens with zero attached hydrogens (tertiary/aromatic N) is 3. The van der Waals surface area contributed by atoms with Crippen molar-refractivity contribution in [2.45, 2.75) is 6.42 Å². The van der Waals surface area contributed by atoms with Gasteiger partial charge in [-0.2, -0.15) is 12.7 Å². The summed E-state index contributed by atoms with van der Waals surface area (Å²) in [6.45, 7) is 0.312. The summed E-state index contributed by atoms with van der Waals surface area (Å²) < 4.78 is 30.0. The van der Waals surface area contributed by atoms with Gasteiger partial charge < -0.3 is 0 Å². The highest BCUT2D eigenvalue weighted by Gasteiger charge is 2.12. The molecular weight excluding hydrogens is 292 g/mol. The van der Waals surface area contributed by atoms with Gasteiger partial charge in [0.05, 0.1) is 11.0 Å². The van der Waals surface area contributed by atoms with Crippen LogP contribution in [0.2, 0.25) is 0 Å². The zero-order chi connectivity index (χ0) is 15.8. The summed E-state index contributed by atoms with van der Waals surface area (Å²) >= 11 is 0. The lowest BCUT2D eigenvalue weighted by atomic mass is 10.1. The molecule has 1 aromatic heterocycles. The van der Waals surface area contributed by atoms with Crippen molar-refractivity contribution >= 4 is 21.2 Å². The van der Waals surface area contributed by atoms with E-state index in [-0.39, 0.29) is 5.69 Å². The summed E-state index contributed by atoms with van der Waals surface area (Å²) in [6.07, 6.45) is 0.562. The summed E-state index contributed by atoms with van der Waals surface area (Å²) in [5, 5.41) is 0. The Morgan fingerprint density at radius 3 is 2.38 bits per heavy atom. The Labute approximate surface area is 124 Å². The van der Waals surface area contributed by atoms with Crippen LogP contribution in [0.15, 0.2) is 23.0 Å². The summed E-state index contributed by atoms with van der Waals surface area (Å²) in [5.41, 5.74) is 2.61. The number of benzene rings is 1. The topological polar surface area (TPSA) is 76.3 Å². The van der Waals surface area contributed by atoms with Gasteiger partial charge in [-0.3, -0.25) is 9.13 Å². The Balaban J connectivity index is 2.18. The van der Waals surface area contributed by atoms with E-state index in [9.17, 15) is 13.2 Å². The fraction of sp³-hybridized carbons (Fsp3) is 0.462. The lowest BCUT2D eigenvalue weighted by molar-refractivity contribution is 0.506. The minimum atomic E-state index is -3.40. The molecule has 0 radical (unpaired) electrons. The van der Waals surface area contributed by atoms with Crippen molar-refractivity contribution in [2.75, 3.05) is 20.6 Å². The smallest absolute Gasteiger partial charge is 0.295 e. The molecule has 0 bridgehead atoms. The van der Waals surface area contributed by atoms with Gasteiger partial charge in [0.1, 0.15) is 0 Å². The quantitative estimate of drug-likeness (QED) is 0.832. The number of aryl methyl sites for hydroxylation is 2. The molecule has 0 amide bonds. The molecule has 0 saturated heterocycles. The van der Waals surface area contributed by atoms with Gasteiger partial charge in [0.15, 0.2) is 0 Å². The maximum atomic E-state index is 11.8. The summed E-state index contributed by atoms with van der Waals surface area (Å²) in [6, 6.07) is 5.71. The van der Waals surface area contributed by atoms with E-state index in [1.165, 1.54) is 14.1 Å². The molecule has 0 fully saturated rings. The molecule has 0 aliphatic carbocycles. The first-order chi connectivity index (χ1) is 9.74. The number of hydrogen-bond donors (Lipinski definition) is 1. The number of rotatable bonds is 5. The number of aromatic nitrogens is 2. The zero-order valence-corrected chi connectivity index (χ0v) is 13.4. The number of imidazole rings is 1. The first kappa shape index (κ1) is 15.7. The molecule has 116 valence electrons. The Morgan fingerprint density at radius 2 is 1.76 bits per heavy atom. The molecule has 1 N–H and O–H groups in total. The lowest BCUT2D eigenvalue weighted by Gasteiger charge is -2.12. The lowest BCUT2D eigenvalue weighted by Crippen LogP contribution is -2.36. The van der Waals surface area contributed by atoms with Crippen molar-refractivity contribution in [2.24, 2.45) is 14.1 Å². The Hall–Kier alpha value is -1.64. The van der Waals surface area contributed by atoms with Crippen LogP contribution in [0.4, 0.5) is 0 Å². The van der Waals surface area contributed by atoms with Crippen LogP contribution in [0.25, 0.3) is 11.0 Å². The van der Waals surface area contributed by atoms with Crippen molar-refractivity contribution in [1.29, 1.82) is 0 Å². The van der Waals surface area contributed by atoms with Gasteiger partial charge >= 0.3 is 5.69 Å². The van der Waals surface area contributed by atoms with E-state index in [0.717, 1.165) is 20.9 Å². The van der Waals surface area contributed by atoms with E-state index in [2.05, 4.69) is 4.72 Å². The summed E-state index contributed by atoms with van der Waals surface area (Å²) in [7, 11) is 3.02. The maximum absolute atomic E-state index is 11.8. The Kier molecular flexibility index (Phi) is 4.22. The molecule has 0 saturated carbocycles. The van der Waals surface area contributed by atoms with Crippen LogP contribution in [-0.4, -0.2) is 42.5 Å². The van der Waals surface area contributed by atoms with Crippen LogP contribution >= 0.6 is 0 Å². The van der Waals surface area contributed by atoms with Crippen LogP contribution in [0, 0.1) is 0 Å². The molecule has 7 nitrogen and oxygen atoms in total. The average molecular weight is 312 g/mol. The van der Waals surface area contributed by atoms with Gasteiger partial charge in [0.2, 0.25) is 0 Å². The van der Waals surface area contributed by atoms with Crippen molar-refractivity contribution < 1.29 is 8.42 Å². The number of fused-ring (bicyclic) bond motifs is 1. The zero-order valence-electron chi connectivity index (χ0n) is 12.6. The van der Waals surface area contributed by atoms with E-state index >= 15 is 0 Å². The van der Waals surface area contributed by atoms with Gasteiger partial charge in [-0.15, -0.1) is 0 Å². The highest BCUT2D eigenvalue weighted by molar-refractivity contribution is 7.87. The standard InChI is InChI=1S/C13H20N4O3S/c1-15(2)21(19,20)14-8-7-10-5-6-11-12(9-10)17(4)13(18)16(11)3/h5-6,9,14H,7-8H2,1-4H3. The molecule has 0 spiro atoms. The minimum Gasteiger partial charge on any atom is -0.295 e. The van der Waals surface area contributed by atoms with Gasteiger partial charge in [0, 0.05) is 34.7 Å². The van der Waals surface area contributed by atoms with Crippen molar-refractivity contribution in [1.82, 2.24) is 18.2 Å². The van der Waals surface area contributed by atoms with Gasteiger partial charge in [-0.05, 0) is 24.1 Å². The molecule has 2 rings (SSSR count). The molecule has 2 aromatic rings. The number of nitrogens with one attached hydrogen (secondary N) is 1. The van der Waals surface area contributed by atoms with Gasteiger partial charge in [-0.1, -0.05) is 6.07 Å². The molecule has 1 heterocycles. The fourth-order valence-electron chi connectivity index (χ4n) is 2.16. The van der Waals surface area contributed by atoms with E-state index in [1.807, 2.05) is 18.2 Å². The van der Waals surface area contributed by atoms with E-state index in [1.54, 1.807) is 23.2 Å². The third kappa shape index (κ3) is 3.02. The molecule has 0 atom stereocenters. The highest BCUT2D eigenvalue weighted by Crippen LogP contribution is 2.14. The van der Waals surface area contributed by atoms with E-state index < -0.39 is 10.2 Å². The molecule has 1 aromatic carbocycles. The van der Waals surface area contributed by atoms with Crippen LogP contribution in [0.3, 0.4) is 0 Å². The predicted octanol–water partition coefficient (Wildman–Crippen LogP) is -0.184. The molecule has 0 aliphatic heterocycles. The van der Waals surface area contributed by atoms with Crippen LogP contribution < -0.4 is 10.4 Å². The van der Waals surface area contributed by atoms with Crippen molar-refractivity contribution in [3.05, 3.63) is 34.2 Å². The molecule has 21 heavy (non-hydrogen) atoms. The van der Waals surface area contributed by atoms with Crippen LogP contribution in [0.1, 0.15) is 5.56 Å². The predicted molar refractivity (Wildman–Crippen MR) is 82.5 cm³/mol. The molecule has 0 unspecified atom stereocenters. The second kappa shape index (κ2) is 5.63. The monoisotopic (exact) mass is 312 g/mol. The third-order valence-corrected chi connectivity index (χ3v) is 5.05. The summed E-state index contributed by atoms with van der Waals surface area (Å²) in [5.74, 6) is 0. The second-order valence-electron chi connectivity index (χ2n) is 5.16. The highest BCUT2D eigenvalue weighted by atomic mass is 32.2. The SMILES string of the molecule is CN(C)S(=O)(=O)NCCc1ccc2c(c1)n(C)c(=O)n2C. The average Bonchev–Trinajstić information content (AvgIpc) is 2.63. The number of hydrogen-bond acceptors (Lipinski definition) is 3.